The summed E-state index contributed by atoms with van der Waals surface area (Å²) in [5.41, 5.74) is 1.91. The summed E-state index contributed by atoms with van der Waals surface area (Å²) in [7, 11) is 0. The summed E-state index contributed by atoms with van der Waals surface area (Å²) in [5, 5.41) is 2.27. The predicted molar refractivity (Wildman–Crippen MR) is 65.9 cm³/mol. The van der Waals surface area contributed by atoms with Crippen LogP contribution in [-0.4, -0.2) is 18.6 Å². The zero-order valence-corrected chi connectivity index (χ0v) is 11.0. The third-order valence-corrected chi connectivity index (χ3v) is 3.60. The van der Waals surface area contributed by atoms with Gasteiger partial charge in [0.25, 0.3) is 0 Å². The Bertz CT molecular complexity index is 481. The van der Waals surface area contributed by atoms with Crippen LogP contribution in [0.2, 0.25) is 0 Å². The van der Waals surface area contributed by atoms with Crippen LogP contribution in [0.4, 0.5) is 22.0 Å². The summed E-state index contributed by atoms with van der Waals surface area (Å²) in [4.78, 5) is 0. The molecular formula is C14H16F5N. The van der Waals surface area contributed by atoms with Gasteiger partial charge in [-0.3, -0.25) is 0 Å². The van der Waals surface area contributed by atoms with Gasteiger partial charge >= 0.3 is 12.1 Å². The minimum absolute atomic E-state index is 0.00479. The molecular weight excluding hydrogens is 277 g/mol. The van der Waals surface area contributed by atoms with Crippen LogP contribution in [-0.2, 0) is 12.8 Å². The Kier molecular flexibility index (Phi) is 4.04. The van der Waals surface area contributed by atoms with Crippen molar-refractivity contribution in [1.29, 1.82) is 0 Å². The maximum atomic E-state index is 13.6. The van der Waals surface area contributed by atoms with E-state index in [1.54, 1.807) is 6.07 Å². The summed E-state index contributed by atoms with van der Waals surface area (Å²) in [6.07, 6.45) is -3.06. The molecule has 1 aliphatic rings. The van der Waals surface area contributed by atoms with E-state index in [9.17, 15) is 22.0 Å². The first kappa shape index (κ1) is 15.2. The first-order valence-corrected chi connectivity index (χ1v) is 6.57. The first-order chi connectivity index (χ1) is 9.27. The Balaban J connectivity index is 2.38. The van der Waals surface area contributed by atoms with Gasteiger partial charge in [0, 0.05) is 0 Å². The first-order valence-electron chi connectivity index (χ1n) is 6.57. The molecule has 0 aliphatic heterocycles. The molecule has 6 heteroatoms. The molecule has 0 fully saturated rings. The second kappa shape index (κ2) is 5.31. The SMILES string of the molecule is CCNC(c1ccc2c(c1)CCC2)C(F)(F)C(F)(F)F. The minimum Gasteiger partial charge on any atom is -0.305 e. The van der Waals surface area contributed by atoms with Gasteiger partial charge in [0.2, 0.25) is 0 Å². The zero-order valence-electron chi connectivity index (χ0n) is 11.0. The number of aryl methyl sites for hydroxylation is 2. The number of halogens is 5. The third kappa shape index (κ3) is 2.66. The summed E-state index contributed by atoms with van der Waals surface area (Å²) in [6.45, 7) is 1.54. The van der Waals surface area contributed by atoms with Gasteiger partial charge < -0.3 is 5.32 Å². The molecule has 112 valence electrons. The van der Waals surface area contributed by atoms with Crippen molar-refractivity contribution >= 4 is 0 Å². The van der Waals surface area contributed by atoms with Crippen LogP contribution in [0.1, 0.15) is 36.1 Å². The van der Waals surface area contributed by atoms with Crippen molar-refractivity contribution < 1.29 is 22.0 Å². The van der Waals surface area contributed by atoms with Gasteiger partial charge in [0.15, 0.2) is 0 Å². The van der Waals surface area contributed by atoms with Crippen LogP contribution >= 0.6 is 0 Å². The number of alkyl halides is 5. The van der Waals surface area contributed by atoms with Gasteiger partial charge in [-0.2, -0.15) is 22.0 Å². The number of nitrogens with one attached hydrogen (secondary N) is 1. The Morgan fingerprint density at radius 3 is 2.35 bits per heavy atom. The molecule has 1 atom stereocenters. The predicted octanol–water partition coefficient (Wildman–Crippen LogP) is 4.02. The maximum absolute atomic E-state index is 13.6. The van der Waals surface area contributed by atoms with Crippen molar-refractivity contribution in [3.8, 4) is 0 Å². The highest BCUT2D eigenvalue weighted by molar-refractivity contribution is 5.37. The fourth-order valence-electron chi connectivity index (χ4n) is 2.59. The molecule has 1 aromatic rings. The molecule has 1 N–H and O–H groups in total. The van der Waals surface area contributed by atoms with Crippen LogP contribution in [0.25, 0.3) is 0 Å². The van der Waals surface area contributed by atoms with Crippen molar-refractivity contribution in [3.05, 3.63) is 34.9 Å². The topological polar surface area (TPSA) is 12.0 Å². The fraction of sp³-hybridized carbons (Fsp3) is 0.571. The van der Waals surface area contributed by atoms with Crippen LogP contribution in [0.5, 0.6) is 0 Å². The van der Waals surface area contributed by atoms with Gasteiger partial charge in [-0.1, -0.05) is 25.1 Å². The smallest absolute Gasteiger partial charge is 0.305 e. The van der Waals surface area contributed by atoms with E-state index in [2.05, 4.69) is 5.32 Å². The molecule has 0 saturated carbocycles. The van der Waals surface area contributed by atoms with E-state index in [-0.39, 0.29) is 12.1 Å². The number of benzene rings is 1. The standard InChI is InChI=1S/C14H16F5N/c1-2-20-12(13(15,16)14(17,18)19)11-7-6-9-4-3-5-10(9)8-11/h6-8,12,20H,2-5H2,1H3. The Morgan fingerprint density at radius 1 is 1.10 bits per heavy atom. The largest absolute Gasteiger partial charge is 0.455 e. The lowest BCUT2D eigenvalue weighted by atomic mass is 9.96. The second-order valence-electron chi connectivity index (χ2n) is 4.99. The monoisotopic (exact) mass is 293 g/mol. The Morgan fingerprint density at radius 2 is 1.75 bits per heavy atom. The van der Waals surface area contributed by atoms with E-state index in [0.717, 1.165) is 30.4 Å². The minimum atomic E-state index is -5.57. The van der Waals surface area contributed by atoms with Crippen LogP contribution in [0, 0.1) is 0 Å². The molecule has 1 aromatic carbocycles. The molecule has 1 unspecified atom stereocenters. The van der Waals surface area contributed by atoms with E-state index in [1.807, 2.05) is 0 Å². The van der Waals surface area contributed by atoms with Crippen molar-refractivity contribution in [2.75, 3.05) is 6.54 Å². The van der Waals surface area contributed by atoms with E-state index in [1.165, 1.54) is 19.1 Å². The lowest BCUT2D eigenvalue weighted by Crippen LogP contribution is -2.48. The van der Waals surface area contributed by atoms with Gasteiger partial charge in [-0.15, -0.1) is 0 Å². The summed E-state index contributed by atoms with van der Waals surface area (Å²) < 4.78 is 65.0. The molecule has 2 rings (SSSR count). The Hall–Kier alpha value is -1.17. The molecule has 0 amide bonds. The van der Waals surface area contributed by atoms with Crippen LogP contribution in [0.3, 0.4) is 0 Å². The van der Waals surface area contributed by atoms with Crippen molar-refractivity contribution in [2.45, 2.75) is 44.3 Å². The number of hydrogen-bond donors (Lipinski definition) is 1. The highest BCUT2D eigenvalue weighted by Gasteiger charge is 2.62. The second-order valence-corrected chi connectivity index (χ2v) is 4.99. The third-order valence-electron chi connectivity index (χ3n) is 3.60. The highest BCUT2D eigenvalue weighted by Crippen LogP contribution is 2.45. The Labute approximate surface area is 114 Å². The molecule has 1 aliphatic carbocycles. The summed E-state index contributed by atoms with van der Waals surface area (Å²) in [6, 6.07) is 2.47. The molecule has 0 radical (unpaired) electrons. The molecule has 0 spiro atoms. The van der Waals surface area contributed by atoms with Gasteiger partial charge in [0.1, 0.15) is 6.04 Å². The van der Waals surface area contributed by atoms with Crippen molar-refractivity contribution in [2.24, 2.45) is 0 Å². The van der Waals surface area contributed by atoms with E-state index in [4.69, 9.17) is 0 Å². The molecule has 0 heterocycles. The number of rotatable bonds is 4. The molecule has 1 nitrogen and oxygen atoms in total. The average Bonchev–Trinajstić information content (AvgIpc) is 2.81. The van der Waals surface area contributed by atoms with Crippen molar-refractivity contribution in [1.82, 2.24) is 5.32 Å². The lowest BCUT2D eigenvalue weighted by molar-refractivity contribution is -0.294. The fourth-order valence-corrected chi connectivity index (χ4v) is 2.59. The normalized spacial score (nSPS) is 17.1. The molecule has 0 bridgehead atoms. The number of hydrogen-bond acceptors (Lipinski definition) is 1. The highest BCUT2D eigenvalue weighted by atomic mass is 19.4. The number of fused-ring (bicyclic) bond motifs is 1. The van der Waals surface area contributed by atoms with Gasteiger partial charge in [-0.25, -0.2) is 0 Å². The quantitative estimate of drug-likeness (QED) is 0.827. The average molecular weight is 293 g/mol. The molecule has 0 aromatic heterocycles. The lowest BCUT2D eigenvalue weighted by Gasteiger charge is -2.29. The van der Waals surface area contributed by atoms with Crippen molar-refractivity contribution in [3.63, 3.8) is 0 Å². The maximum Gasteiger partial charge on any atom is 0.455 e. The van der Waals surface area contributed by atoms with Gasteiger partial charge in [-0.05, 0) is 42.5 Å². The van der Waals surface area contributed by atoms with Gasteiger partial charge in [0.05, 0.1) is 0 Å². The zero-order chi connectivity index (χ0) is 15.0. The summed E-state index contributed by atoms with van der Waals surface area (Å²) in [5.74, 6) is -4.80. The molecule has 20 heavy (non-hydrogen) atoms. The van der Waals surface area contributed by atoms with Crippen LogP contribution < -0.4 is 5.32 Å². The van der Waals surface area contributed by atoms with E-state index >= 15 is 0 Å². The van der Waals surface area contributed by atoms with E-state index in [0.29, 0.717) is 0 Å². The van der Waals surface area contributed by atoms with E-state index < -0.39 is 18.1 Å². The van der Waals surface area contributed by atoms with Crippen LogP contribution in [0.15, 0.2) is 18.2 Å². The summed E-state index contributed by atoms with van der Waals surface area (Å²) >= 11 is 0. The molecule has 0 saturated heterocycles.